The van der Waals surface area contributed by atoms with Crippen molar-refractivity contribution in [3.05, 3.63) is 11.6 Å². The number of hydrogen-bond acceptors (Lipinski definition) is 12. The van der Waals surface area contributed by atoms with Gasteiger partial charge in [-0.2, -0.15) is 0 Å². The largest absolute Gasteiger partial charge is 0.481 e. The second-order valence-electron chi connectivity index (χ2n) is 20.1. The Labute approximate surface area is 319 Å². The first kappa shape index (κ1) is 40.9. The minimum absolute atomic E-state index is 0.0225. The average molecular weight is 767 g/mol. The van der Waals surface area contributed by atoms with E-state index in [0.29, 0.717) is 25.7 Å². The van der Waals surface area contributed by atoms with E-state index >= 15 is 0 Å². The molecule has 0 aromatic rings. The van der Waals surface area contributed by atoms with Crippen molar-refractivity contribution in [2.24, 2.45) is 50.2 Å². The molecule has 54 heavy (non-hydrogen) atoms. The Morgan fingerprint density at radius 2 is 1.48 bits per heavy atom. The molecule has 7 rings (SSSR count). The highest BCUT2D eigenvalue weighted by Crippen LogP contribution is 2.76. The Balaban J connectivity index is 1.07. The molecule has 0 aromatic carbocycles. The van der Waals surface area contributed by atoms with Crippen LogP contribution in [0.15, 0.2) is 11.6 Å². The summed E-state index contributed by atoms with van der Waals surface area (Å²) in [6, 6.07) is 0. The van der Waals surface area contributed by atoms with Crippen LogP contribution >= 0.6 is 0 Å². The normalized spacial score (nSPS) is 52.5. The van der Waals surface area contributed by atoms with Gasteiger partial charge in [-0.1, -0.05) is 53.2 Å². The molecule has 2 saturated heterocycles. The number of ether oxygens (including phenoxy) is 4. The van der Waals surface area contributed by atoms with Crippen molar-refractivity contribution in [1.82, 2.24) is 0 Å². The molecule has 7 aliphatic rings. The highest BCUT2D eigenvalue weighted by atomic mass is 16.7. The summed E-state index contributed by atoms with van der Waals surface area (Å²) in [7, 11) is 0. The molecule has 2 heterocycles. The van der Waals surface area contributed by atoms with Gasteiger partial charge >= 0.3 is 5.97 Å². The van der Waals surface area contributed by atoms with Crippen LogP contribution < -0.4 is 0 Å². The molecule has 13 nitrogen and oxygen atoms in total. The molecule has 17 unspecified atom stereocenters. The molecule has 0 aromatic heterocycles. The lowest BCUT2D eigenvalue weighted by atomic mass is 9.33. The highest BCUT2D eigenvalue weighted by Gasteiger charge is 2.70. The van der Waals surface area contributed by atoms with E-state index in [9.17, 15) is 45.6 Å². The fraction of sp³-hybridized carbons (Fsp3) is 0.927. The van der Waals surface area contributed by atoms with E-state index in [1.165, 1.54) is 5.57 Å². The summed E-state index contributed by atoms with van der Waals surface area (Å²) < 4.78 is 23.7. The summed E-state index contributed by atoms with van der Waals surface area (Å²) in [5.41, 5.74) is -0.646. The number of carboxylic acid groups (broad SMARTS) is 1. The van der Waals surface area contributed by atoms with Gasteiger partial charge in [-0.15, -0.1) is 0 Å². The average Bonchev–Trinajstić information content (AvgIpc) is 3.11. The molecular formula is C41H66O13. The van der Waals surface area contributed by atoms with Gasteiger partial charge in [0.05, 0.1) is 31.3 Å². The van der Waals surface area contributed by atoms with Crippen LogP contribution in [0, 0.1) is 50.2 Å². The smallest absolute Gasteiger partial charge is 0.310 e. The summed E-state index contributed by atoms with van der Waals surface area (Å²) in [6.07, 6.45) is -2.85. The van der Waals surface area contributed by atoms with Crippen LogP contribution in [0.4, 0.5) is 0 Å². The topological polar surface area (TPSA) is 216 Å². The fourth-order valence-corrected chi connectivity index (χ4v) is 13.5. The molecule has 0 radical (unpaired) electrons. The van der Waals surface area contributed by atoms with E-state index in [0.717, 1.165) is 38.5 Å². The lowest BCUT2D eigenvalue weighted by Crippen LogP contribution is -2.67. The van der Waals surface area contributed by atoms with Crippen LogP contribution in [-0.2, 0) is 23.7 Å². The number of fused-ring (bicyclic) bond motifs is 7. The SMILES string of the molecule is CC1(C)CCC2(C(=O)O)CCC3(CO)C(=CCC4C5(C)CCC(OC6OCC(OC7OC(CO)C(O)C(O)C7O)C(O)C6O)C(C)(C)C5CCC43C)C2C1. The molecule has 308 valence electrons. The number of aliphatic hydroxyl groups is 7. The maximum Gasteiger partial charge on any atom is 0.310 e. The van der Waals surface area contributed by atoms with Crippen LogP contribution in [0.5, 0.6) is 0 Å². The van der Waals surface area contributed by atoms with Crippen molar-refractivity contribution in [1.29, 1.82) is 0 Å². The summed E-state index contributed by atoms with van der Waals surface area (Å²) >= 11 is 0. The monoisotopic (exact) mass is 766 g/mol. The number of aliphatic carboxylic acids is 1. The molecule has 0 spiro atoms. The second kappa shape index (κ2) is 14.0. The van der Waals surface area contributed by atoms with Crippen LogP contribution in [0.3, 0.4) is 0 Å². The highest BCUT2D eigenvalue weighted by molar-refractivity contribution is 5.76. The third-order valence-corrected chi connectivity index (χ3v) is 16.8. The Morgan fingerprint density at radius 3 is 2.15 bits per heavy atom. The van der Waals surface area contributed by atoms with E-state index in [4.69, 9.17) is 18.9 Å². The molecule has 17 atom stereocenters. The number of carboxylic acids is 1. The van der Waals surface area contributed by atoms with Crippen molar-refractivity contribution in [2.75, 3.05) is 19.8 Å². The molecule has 5 aliphatic carbocycles. The number of aliphatic hydroxyl groups excluding tert-OH is 7. The van der Waals surface area contributed by atoms with E-state index in [-0.39, 0.29) is 58.7 Å². The van der Waals surface area contributed by atoms with Gasteiger partial charge < -0.3 is 59.8 Å². The van der Waals surface area contributed by atoms with Gasteiger partial charge in [0.2, 0.25) is 0 Å². The van der Waals surface area contributed by atoms with Gasteiger partial charge in [-0.3, -0.25) is 4.79 Å². The minimum Gasteiger partial charge on any atom is -0.481 e. The van der Waals surface area contributed by atoms with Gasteiger partial charge in [0.25, 0.3) is 0 Å². The first-order valence-corrected chi connectivity index (χ1v) is 20.4. The van der Waals surface area contributed by atoms with Crippen molar-refractivity contribution < 1.29 is 64.6 Å². The van der Waals surface area contributed by atoms with Crippen LogP contribution in [0.2, 0.25) is 0 Å². The first-order valence-electron chi connectivity index (χ1n) is 20.4. The van der Waals surface area contributed by atoms with Crippen LogP contribution in [0.25, 0.3) is 0 Å². The fourth-order valence-electron chi connectivity index (χ4n) is 13.5. The molecular weight excluding hydrogens is 700 g/mol. The number of hydrogen-bond donors (Lipinski definition) is 8. The van der Waals surface area contributed by atoms with Crippen molar-refractivity contribution in [2.45, 2.75) is 167 Å². The zero-order valence-corrected chi connectivity index (χ0v) is 32.9. The lowest BCUT2D eigenvalue weighted by molar-refractivity contribution is -0.351. The van der Waals surface area contributed by atoms with Gasteiger partial charge in [0, 0.05) is 5.41 Å². The van der Waals surface area contributed by atoms with Gasteiger partial charge in [-0.25, -0.2) is 0 Å². The van der Waals surface area contributed by atoms with E-state index in [1.807, 2.05) is 0 Å². The Morgan fingerprint density at radius 1 is 0.796 bits per heavy atom. The molecule has 2 aliphatic heterocycles. The molecule has 0 bridgehead atoms. The Kier molecular flexibility index (Phi) is 10.6. The molecule has 8 N–H and O–H groups in total. The summed E-state index contributed by atoms with van der Waals surface area (Å²) in [5.74, 6) is -0.249. The molecule has 0 amide bonds. The third kappa shape index (κ3) is 5.92. The zero-order valence-electron chi connectivity index (χ0n) is 32.9. The Hall–Kier alpha value is -1.23. The molecule has 6 fully saturated rings. The molecule has 13 heteroatoms. The number of rotatable bonds is 7. The van der Waals surface area contributed by atoms with E-state index < -0.39 is 78.7 Å². The lowest BCUT2D eigenvalue weighted by Gasteiger charge is -2.71. The van der Waals surface area contributed by atoms with Gasteiger partial charge in [0.1, 0.15) is 42.7 Å². The van der Waals surface area contributed by atoms with Crippen LogP contribution in [0.1, 0.15) is 106 Å². The van der Waals surface area contributed by atoms with Gasteiger partial charge in [0.15, 0.2) is 12.6 Å². The zero-order chi connectivity index (χ0) is 39.4. The first-order chi connectivity index (χ1) is 25.2. The Bertz CT molecular complexity index is 1450. The van der Waals surface area contributed by atoms with Crippen molar-refractivity contribution >= 4 is 5.97 Å². The van der Waals surface area contributed by atoms with Crippen molar-refractivity contribution in [3.63, 3.8) is 0 Å². The predicted molar refractivity (Wildman–Crippen MR) is 193 cm³/mol. The standard InChI is InChI=1S/C41H66O13/c1-36(2)13-14-40(35(49)50)15-16-41(20-43)21(22(40)17-36)7-8-26-38(5)11-10-27(37(3,4)25(38)9-12-39(26,41)6)54-33-31(47)29(45)24(19-51-33)53-34-32(48)30(46)28(44)23(18-42)52-34/h7,22-34,42-48H,8-20H2,1-6H3,(H,49,50). The van der Waals surface area contributed by atoms with E-state index in [1.54, 1.807) is 0 Å². The maximum absolute atomic E-state index is 13.0. The number of allylic oxidation sites excluding steroid dienone is 1. The van der Waals surface area contributed by atoms with Gasteiger partial charge in [-0.05, 0) is 104 Å². The summed E-state index contributed by atoms with van der Waals surface area (Å²) in [6.45, 7) is 12.9. The molecule has 4 saturated carbocycles. The predicted octanol–water partition coefficient (Wildman–Crippen LogP) is 2.49. The number of carbonyl (C=O) groups is 1. The van der Waals surface area contributed by atoms with Crippen molar-refractivity contribution in [3.8, 4) is 0 Å². The maximum atomic E-state index is 13.0. The van der Waals surface area contributed by atoms with Crippen LogP contribution in [-0.4, -0.2) is 128 Å². The third-order valence-electron chi connectivity index (χ3n) is 16.8. The summed E-state index contributed by atoms with van der Waals surface area (Å²) in [4.78, 5) is 13.0. The van der Waals surface area contributed by atoms with E-state index in [2.05, 4.69) is 47.6 Å². The minimum atomic E-state index is -1.66. The second-order valence-corrected chi connectivity index (χ2v) is 20.1. The summed E-state index contributed by atoms with van der Waals surface area (Å²) in [5, 5.41) is 84.8. The quantitative estimate of drug-likeness (QED) is 0.138.